The second-order valence-corrected chi connectivity index (χ2v) is 6.90. The highest BCUT2D eigenvalue weighted by molar-refractivity contribution is 9.10. The van der Waals surface area contributed by atoms with E-state index in [2.05, 4.69) is 21.2 Å². The zero-order chi connectivity index (χ0) is 17.8. The van der Waals surface area contributed by atoms with Crippen LogP contribution in [0.15, 0.2) is 45.5 Å². The second kappa shape index (κ2) is 7.82. The summed E-state index contributed by atoms with van der Waals surface area (Å²) in [6.45, 7) is 1.22. The van der Waals surface area contributed by atoms with E-state index in [1.807, 2.05) is 0 Å². The van der Waals surface area contributed by atoms with Crippen LogP contribution in [0.5, 0.6) is 0 Å². The quantitative estimate of drug-likeness (QED) is 0.843. The molecule has 2 amide bonds. The number of likely N-dealkylation sites (tertiary alicyclic amines) is 1. The van der Waals surface area contributed by atoms with Crippen LogP contribution in [0, 0.1) is 11.7 Å². The molecule has 0 unspecified atom stereocenters. The van der Waals surface area contributed by atoms with Gasteiger partial charge >= 0.3 is 0 Å². The molecular weight excluding hydrogens is 391 g/mol. The van der Waals surface area contributed by atoms with Gasteiger partial charge in [-0.2, -0.15) is 0 Å². The number of nitrogens with one attached hydrogen (secondary N) is 1. The SMILES string of the molecule is O=C(NCc1ccco1)C1CCN(C(=O)c2cc(Br)ccc2F)CC1. The van der Waals surface area contributed by atoms with Crippen molar-refractivity contribution in [3.05, 3.63) is 58.2 Å². The third kappa shape index (κ3) is 4.28. The maximum Gasteiger partial charge on any atom is 0.256 e. The van der Waals surface area contributed by atoms with Gasteiger partial charge < -0.3 is 14.6 Å². The van der Waals surface area contributed by atoms with Crippen molar-refractivity contribution in [3.63, 3.8) is 0 Å². The van der Waals surface area contributed by atoms with Crippen LogP contribution in [0.3, 0.4) is 0 Å². The molecule has 7 heteroatoms. The summed E-state index contributed by atoms with van der Waals surface area (Å²) in [6, 6.07) is 7.88. The first-order chi connectivity index (χ1) is 12.0. The number of hydrogen-bond acceptors (Lipinski definition) is 3. The van der Waals surface area contributed by atoms with Crippen LogP contribution >= 0.6 is 15.9 Å². The van der Waals surface area contributed by atoms with Gasteiger partial charge in [0.15, 0.2) is 0 Å². The number of furan rings is 1. The predicted molar refractivity (Wildman–Crippen MR) is 93.3 cm³/mol. The number of amides is 2. The number of carbonyl (C=O) groups excluding carboxylic acids is 2. The lowest BCUT2D eigenvalue weighted by Crippen LogP contribution is -2.43. The number of piperidine rings is 1. The van der Waals surface area contributed by atoms with Crippen molar-refractivity contribution in [1.82, 2.24) is 10.2 Å². The van der Waals surface area contributed by atoms with E-state index in [-0.39, 0.29) is 23.3 Å². The number of hydrogen-bond donors (Lipinski definition) is 1. The molecule has 0 radical (unpaired) electrons. The molecule has 1 fully saturated rings. The minimum absolute atomic E-state index is 0.0443. The Bertz CT molecular complexity index is 756. The van der Waals surface area contributed by atoms with Gasteiger partial charge in [0.1, 0.15) is 11.6 Å². The summed E-state index contributed by atoms with van der Waals surface area (Å²) in [7, 11) is 0. The molecule has 1 aliphatic rings. The topological polar surface area (TPSA) is 62.6 Å². The van der Waals surface area contributed by atoms with Crippen LogP contribution < -0.4 is 5.32 Å². The molecule has 1 N–H and O–H groups in total. The Morgan fingerprint density at radius 3 is 2.72 bits per heavy atom. The largest absolute Gasteiger partial charge is 0.467 e. The number of rotatable bonds is 4. The van der Waals surface area contributed by atoms with E-state index in [1.54, 1.807) is 29.4 Å². The normalized spacial score (nSPS) is 15.2. The fourth-order valence-electron chi connectivity index (χ4n) is 2.91. The standard InChI is InChI=1S/C18H18BrFN2O3/c19-13-3-4-16(20)15(10-13)18(24)22-7-5-12(6-8-22)17(23)21-11-14-2-1-9-25-14/h1-4,9-10,12H,5-8,11H2,(H,21,23). The molecule has 0 saturated carbocycles. The van der Waals surface area contributed by atoms with E-state index in [0.717, 1.165) is 0 Å². The van der Waals surface area contributed by atoms with Crippen LogP contribution in [0.25, 0.3) is 0 Å². The van der Waals surface area contributed by atoms with Crippen LogP contribution in [-0.4, -0.2) is 29.8 Å². The predicted octanol–water partition coefficient (Wildman–Crippen LogP) is 3.35. The van der Waals surface area contributed by atoms with Gasteiger partial charge in [-0.1, -0.05) is 15.9 Å². The lowest BCUT2D eigenvalue weighted by molar-refractivity contribution is -0.126. The molecule has 0 atom stereocenters. The monoisotopic (exact) mass is 408 g/mol. The third-order valence-corrected chi connectivity index (χ3v) is 4.82. The van der Waals surface area contributed by atoms with Crippen molar-refractivity contribution in [2.75, 3.05) is 13.1 Å². The zero-order valence-corrected chi connectivity index (χ0v) is 15.1. The number of nitrogens with zero attached hydrogens (tertiary/aromatic N) is 1. The lowest BCUT2D eigenvalue weighted by atomic mass is 9.95. The molecule has 1 aromatic heterocycles. The average Bonchev–Trinajstić information content (AvgIpc) is 3.15. The molecule has 0 aliphatic carbocycles. The molecular formula is C18H18BrFN2O3. The van der Waals surface area contributed by atoms with Crippen LogP contribution in [0.2, 0.25) is 0 Å². The highest BCUT2D eigenvalue weighted by Crippen LogP contribution is 2.22. The van der Waals surface area contributed by atoms with Crippen molar-refractivity contribution >= 4 is 27.7 Å². The average molecular weight is 409 g/mol. The maximum atomic E-state index is 13.9. The zero-order valence-electron chi connectivity index (χ0n) is 13.5. The summed E-state index contributed by atoms with van der Waals surface area (Å²) < 4.78 is 19.7. The van der Waals surface area contributed by atoms with Crippen molar-refractivity contribution in [2.45, 2.75) is 19.4 Å². The number of halogens is 2. The molecule has 132 valence electrons. The summed E-state index contributed by atoms with van der Waals surface area (Å²) >= 11 is 3.25. The van der Waals surface area contributed by atoms with Gasteiger partial charge in [-0.25, -0.2) is 4.39 Å². The molecule has 2 heterocycles. The Labute approximate surface area is 153 Å². The summed E-state index contributed by atoms with van der Waals surface area (Å²) in [5, 5.41) is 2.84. The Morgan fingerprint density at radius 1 is 1.28 bits per heavy atom. The van der Waals surface area contributed by atoms with Gasteiger partial charge in [0.2, 0.25) is 5.91 Å². The second-order valence-electron chi connectivity index (χ2n) is 5.99. The Morgan fingerprint density at radius 2 is 2.04 bits per heavy atom. The van der Waals surface area contributed by atoms with Crippen molar-refractivity contribution < 1.29 is 18.4 Å². The molecule has 1 aromatic carbocycles. The molecule has 2 aromatic rings. The fraction of sp³-hybridized carbons (Fsp3) is 0.333. The van der Waals surface area contributed by atoms with Crippen molar-refractivity contribution in [2.24, 2.45) is 5.92 Å². The molecule has 25 heavy (non-hydrogen) atoms. The first-order valence-electron chi connectivity index (χ1n) is 8.09. The van der Waals surface area contributed by atoms with E-state index < -0.39 is 5.82 Å². The molecule has 0 spiro atoms. The fourth-order valence-corrected chi connectivity index (χ4v) is 3.27. The lowest BCUT2D eigenvalue weighted by Gasteiger charge is -2.31. The van der Waals surface area contributed by atoms with E-state index in [1.165, 1.54) is 12.1 Å². The minimum atomic E-state index is -0.536. The van der Waals surface area contributed by atoms with Gasteiger partial charge in [-0.3, -0.25) is 9.59 Å². The van der Waals surface area contributed by atoms with E-state index >= 15 is 0 Å². The van der Waals surface area contributed by atoms with E-state index in [4.69, 9.17) is 4.42 Å². The number of benzene rings is 1. The summed E-state index contributed by atoms with van der Waals surface area (Å²) in [4.78, 5) is 26.3. The van der Waals surface area contributed by atoms with Gasteiger partial charge in [0.05, 0.1) is 18.4 Å². The summed E-state index contributed by atoms with van der Waals surface area (Å²) in [5.74, 6) is -0.366. The first kappa shape index (κ1) is 17.7. The summed E-state index contributed by atoms with van der Waals surface area (Å²) in [6.07, 6.45) is 2.68. The summed E-state index contributed by atoms with van der Waals surface area (Å²) in [5.41, 5.74) is 0.0510. The van der Waals surface area contributed by atoms with E-state index in [0.29, 0.717) is 42.7 Å². The van der Waals surface area contributed by atoms with E-state index in [9.17, 15) is 14.0 Å². The number of carbonyl (C=O) groups is 2. The minimum Gasteiger partial charge on any atom is -0.467 e. The van der Waals surface area contributed by atoms with Gasteiger partial charge in [-0.15, -0.1) is 0 Å². The Balaban J connectivity index is 1.53. The molecule has 1 saturated heterocycles. The van der Waals surface area contributed by atoms with Gasteiger partial charge in [-0.05, 0) is 43.2 Å². The first-order valence-corrected chi connectivity index (χ1v) is 8.88. The van der Waals surface area contributed by atoms with Gasteiger partial charge in [0, 0.05) is 23.5 Å². The molecule has 1 aliphatic heterocycles. The third-order valence-electron chi connectivity index (χ3n) is 4.33. The molecule has 3 rings (SSSR count). The van der Waals surface area contributed by atoms with Crippen LogP contribution in [-0.2, 0) is 11.3 Å². The maximum absolute atomic E-state index is 13.9. The van der Waals surface area contributed by atoms with Crippen molar-refractivity contribution in [1.29, 1.82) is 0 Å². The Hall–Kier alpha value is -2.15. The molecule has 5 nitrogen and oxygen atoms in total. The highest BCUT2D eigenvalue weighted by atomic mass is 79.9. The van der Waals surface area contributed by atoms with Crippen LogP contribution in [0.1, 0.15) is 29.0 Å². The van der Waals surface area contributed by atoms with Gasteiger partial charge in [0.25, 0.3) is 5.91 Å². The highest BCUT2D eigenvalue weighted by Gasteiger charge is 2.28. The Kier molecular flexibility index (Phi) is 5.53. The van der Waals surface area contributed by atoms with Crippen molar-refractivity contribution in [3.8, 4) is 0 Å². The molecule has 0 bridgehead atoms. The van der Waals surface area contributed by atoms with Crippen LogP contribution in [0.4, 0.5) is 4.39 Å². The smallest absolute Gasteiger partial charge is 0.256 e.